The van der Waals surface area contributed by atoms with Crippen molar-refractivity contribution < 1.29 is 8.95 Å². The predicted octanol–water partition coefficient (Wildman–Crippen LogP) is 6.09. The second-order valence-corrected chi connectivity index (χ2v) is 12.0. The quantitative estimate of drug-likeness (QED) is 0.323. The molecule has 1 aliphatic carbocycles. The van der Waals surface area contributed by atoms with Gasteiger partial charge in [0.1, 0.15) is 14.9 Å². The monoisotopic (exact) mass is 506 g/mol. The van der Waals surface area contributed by atoms with Crippen molar-refractivity contribution in [1.29, 1.82) is 0 Å². The van der Waals surface area contributed by atoms with Gasteiger partial charge < -0.3 is 10.5 Å². The molecule has 1 atom stereocenters. The summed E-state index contributed by atoms with van der Waals surface area (Å²) in [5.74, 6) is 1.01. The number of aliphatic imine (C=N–C) groups is 2. The Morgan fingerprint density at radius 1 is 1.23 bits per heavy atom. The Hall–Kier alpha value is -2.68. The number of nitrogens with two attached hydrogens (primary N) is 1. The van der Waals surface area contributed by atoms with Gasteiger partial charge in [0, 0.05) is 36.0 Å². The van der Waals surface area contributed by atoms with Crippen LogP contribution in [0.25, 0.3) is 26.9 Å². The van der Waals surface area contributed by atoms with Gasteiger partial charge in [-0.15, -0.1) is 11.3 Å². The summed E-state index contributed by atoms with van der Waals surface area (Å²) >= 11 is 1.46. The van der Waals surface area contributed by atoms with Gasteiger partial charge in [0.25, 0.3) is 0 Å². The van der Waals surface area contributed by atoms with Crippen molar-refractivity contribution in [3.8, 4) is 11.1 Å². The van der Waals surface area contributed by atoms with Crippen LogP contribution in [0.3, 0.4) is 0 Å². The lowest BCUT2D eigenvalue weighted by atomic mass is 9.99. The maximum atomic E-state index is 13.2. The van der Waals surface area contributed by atoms with Crippen LogP contribution in [-0.2, 0) is 15.5 Å². The zero-order valence-electron chi connectivity index (χ0n) is 19.9. The number of benzene rings is 1. The molecule has 1 unspecified atom stereocenters. The standard InChI is InChI=1S/C27H30N4O2S2/c1-17(16-30-25(29-2)19-11-13-33-14-12-19)22-15-21(18-7-4-3-5-8-18)23-24(28)27(34-26(23)31-22)35(32)20-9-6-10-20/h3-5,7-8,15-16,19-20H,2,6,9-14,28H2,1H3/b17-16+,30-25?. The minimum absolute atomic E-state index is 0.205. The molecule has 0 spiro atoms. The summed E-state index contributed by atoms with van der Waals surface area (Å²) in [5, 5.41) is 1.09. The van der Waals surface area contributed by atoms with Crippen molar-refractivity contribution in [3.63, 3.8) is 0 Å². The Morgan fingerprint density at radius 3 is 2.63 bits per heavy atom. The fourth-order valence-corrected chi connectivity index (χ4v) is 7.70. The maximum absolute atomic E-state index is 13.2. The molecule has 2 aromatic heterocycles. The molecule has 3 heterocycles. The zero-order chi connectivity index (χ0) is 24.4. The highest BCUT2D eigenvalue weighted by Crippen LogP contribution is 2.44. The number of amidine groups is 1. The number of aromatic nitrogens is 1. The van der Waals surface area contributed by atoms with E-state index in [0.29, 0.717) is 5.69 Å². The third-order valence-electron chi connectivity index (χ3n) is 6.83. The molecule has 1 saturated carbocycles. The fraction of sp³-hybridized carbons (Fsp3) is 0.370. The molecule has 8 heteroatoms. The zero-order valence-corrected chi connectivity index (χ0v) is 21.5. The molecule has 1 aromatic carbocycles. The van der Waals surface area contributed by atoms with Gasteiger partial charge in [-0.2, -0.15) is 0 Å². The molecule has 0 bridgehead atoms. The average Bonchev–Trinajstić information content (AvgIpc) is 3.20. The predicted molar refractivity (Wildman–Crippen MR) is 148 cm³/mol. The number of hydrogen-bond acceptors (Lipinski definition) is 6. The molecule has 5 rings (SSSR count). The second kappa shape index (κ2) is 10.5. The van der Waals surface area contributed by atoms with E-state index in [0.717, 1.165) is 88.0 Å². The minimum Gasteiger partial charge on any atom is -0.396 e. The molecule has 6 nitrogen and oxygen atoms in total. The molecule has 1 aliphatic heterocycles. The number of anilines is 1. The van der Waals surface area contributed by atoms with Crippen LogP contribution in [0, 0.1) is 5.92 Å². The van der Waals surface area contributed by atoms with Gasteiger partial charge in [0.15, 0.2) is 0 Å². The Morgan fingerprint density at radius 2 is 1.97 bits per heavy atom. The number of ether oxygens (including phenoxy) is 1. The van der Waals surface area contributed by atoms with Crippen LogP contribution in [0.15, 0.2) is 56.8 Å². The summed E-state index contributed by atoms with van der Waals surface area (Å²) in [7, 11) is -1.09. The molecule has 1 saturated heterocycles. The van der Waals surface area contributed by atoms with Crippen LogP contribution in [0.5, 0.6) is 0 Å². The molecule has 3 aromatic rings. The van der Waals surface area contributed by atoms with Crippen LogP contribution in [0.4, 0.5) is 5.69 Å². The first-order valence-electron chi connectivity index (χ1n) is 12.0. The Bertz CT molecular complexity index is 1320. The lowest BCUT2D eigenvalue weighted by molar-refractivity contribution is 0.0826. The van der Waals surface area contributed by atoms with E-state index >= 15 is 0 Å². The van der Waals surface area contributed by atoms with Crippen LogP contribution < -0.4 is 5.73 Å². The molecule has 2 fully saturated rings. The average molecular weight is 507 g/mol. The second-order valence-electron chi connectivity index (χ2n) is 9.10. The molecule has 0 radical (unpaired) electrons. The van der Waals surface area contributed by atoms with E-state index in [1.54, 1.807) is 0 Å². The number of fused-ring (bicyclic) bond motifs is 1. The summed E-state index contributed by atoms with van der Waals surface area (Å²) < 4.78 is 19.4. The number of rotatable bonds is 6. The molecule has 2 aliphatic rings. The number of hydrogen-bond donors (Lipinski definition) is 1. The number of nitrogens with zero attached hydrogens (tertiary/aromatic N) is 3. The van der Waals surface area contributed by atoms with Crippen LogP contribution in [0.1, 0.15) is 44.7 Å². The summed E-state index contributed by atoms with van der Waals surface area (Å²) in [6.45, 7) is 7.18. The van der Waals surface area contributed by atoms with Gasteiger partial charge >= 0.3 is 0 Å². The van der Waals surface area contributed by atoms with Gasteiger partial charge in [0.2, 0.25) is 0 Å². The van der Waals surface area contributed by atoms with Crippen molar-refractivity contribution in [2.75, 3.05) is 18.9 Å². The van der Waals surface area contributed by atoms with Crippen molar-refractivity contribution in [2.24, 2.45) is 15.9 Å². The number of thiophene rings is 1. The van der Waals surface area contributed by atoms with Crippen LogP contribution in [-0.4, -0.2) is 40.2 Å². The Balaban J connectivity index is 1.59. The lowest BCUT2D eigenvalue weighted by Gasteiger charge is -2.23. The fourth-order valence-electron chi connectivity index (χ4n) is 4.49. The summed E-state index contributed by atoms with van der Waals surface area (Å²) in [4.78, 5) is 14.6. The summed E-state index contributed by atoms with van der Waals surface area (Å²) in [5.41, 5.74) is 11.0. The van der Waals surface area contributed by atoms with E-state index in [9.17, 15) is 4.21 Å². The first-order valence-corrected chi connectivity index (χ1v) is 14.1. The highest BCUT2D eigenvalue weighted by atomic mass is 32.2. The van der Waals surface area contributed by atoms with Crippen molar-refractivity contribution in [2.45, 2.75) is 48.5 Å². The first kappa shape index (κ1) is 24.0. The van der Waals surface area contributed by atoms with Gasteiger partial charge in [0.05, 0.1) is 22.2 Å². The van der Waals surface area contributed by atoms with Crippen molar-refractivity contribution >= 4 is 56.2 Å². The molecular weight excluding hydrogens is 476 g/mol. The minimum atomic E-state index is -1.09. The van der Waals surface area contributed by atoms with E-state index in [2.05, 4.69) is 34.9 Å². The van der Waals surface area contributed by atoms with Crippen molar-refractivity contribution in [3.05, 3.63) is 48.3 Å². The number of pyridine rings is 1. The normalized spacial score (nSPS) is 19.0. The Labute approximate surface area is 212 Å². The molecule has 182 valence electrons. The smallest absolute Gasteiger partial charge is 0.130 e. The topological polar surface area (TPSA) is 89.9 Å². The highest BCUT2D eigenvalue weighted by Gasteiger charge is 2.29. The molecule has 35 heavy (non-hydrogen) atoms. The third-order valence-corrected chi connectivity index (χ3v) is 10.1. The van der Waals surface area contributed by atoms with E-state index in [1.165, 1.54) is 11.3 Å². The summed E-state index contributed by atoms with van der Waals surface area (Å²) in [6, 6.07) is 12.2. The van der Waals surface area contributed by atoms with Gasteiger partial charge in [-0.05, 0) is 62.1 Å². The lowest BCUT2D eigenvalue weighted by Crippen LogP contribution is -2.23. The molecule has 0 amide bonds. The SMILES string of the molecule is C=NC(=N/C=C(\C)c1cc(-c2ccccc2)c2c(N)c(S(=O)C3CCC3)sc2n1)C1CCOCC1. The van der Waals surface area contributed by atoms with Gasteiger partial charge in [-0.3, -0.25) is 4.21 Å². The van der Waals surface area contributed by atoms with Crippen LogP contribution in [0.2, 0.25) is 0 Å². The van der Waals surface area contributed by atoms with Crippen LogP contribution >= 0.6 is 11.3 Å². The van der Waals surface area contributed by atoms with E-state index in [-0.39, 0.29) is 11.2 Å². The summed E-state index contributed by atoms with van der Waals surface area (Å²) in [6.07, 6.45) is 6.77. The van der Waals surface area contributed by atoms with E-state index in [4.69, 9.17) is 15.5 Å². The molecule has 2 N–H and O–H groups in total. The highest BCUT2D eigenvalue weighted by molar-refractivity contribution is 7.88. The first-order chi connectivity index (χ1) is 17.1. The largest absolute Gasteiger partial charge is 0.396 e. The Kier molecular flexibility index (Phi) is 7.22. The van der Waals surface area contributed by atoms with Gasteiger partial charge in [-0.1, -0.05) is 36.8 Å². The maximum Gasteiger partial charge on any atom is 0.130 e. The van der Waals surface area contributed by atoms with Gasteiger partial charge in [-0.25, -0.2) is 15.0 Å². The van der Waals surface area contributed by atoms with E-state index in [1.807, 2.05) is 31.3 Å². The van der Waals surface area contributed by atoms with E-state index < -0.39 is 10.8 Å². The number of nitrogen functional groups attached to an aromatic ring is 1. The number of allylic oxidation sites excluding steroid dienone is 1. The molecular formula is C27H30N4O2S2. The third kappa shape index (κ3) is 4.87. The van der Waals surface area contributed by atoms with Crippen molar-refractivity contribution in [1.82, 2.24) is 4.98 Å².